The molecule has 4 heteroatoms. The number of likely N-dealkylation sites (N-methyl/N-ethyl adjacent to an activating group) is 1. The Morgan fingerprint density at radius 3 is 2.56 bits per heavy atom. The molecule has 3 nitrogen and oxygen atoms in total. The smallest absolute Gasteiger partial charge is 0.238 e. The molecule has 1 fully saturated rings. The zero-order chi connectivity index (χ0) is 13.0. The van der Waals surface area contributed by atoms with Crippen molar-refractivity contribution in [3.05, 3.63) is 27.8 Å². The molecular formula is C14H19IN2O. The molecule has 0 spiro atoms. The monoisotopic (exact) mass is 358 g/mol. The van der Waals surface area contributed by atoms with Gasteiger partial charge in [0.15, 0.2) is 0 Å². The van der Waals surface area contributed by atoms with Crippen LogP contribution >= 0.6 is 22.6 Å². The van der Waals surface area contributed by atoms with Gasteiger partial charge >= 0.3 is 0 Å². The molecule has 1 saturated carbocycles. The maximum absolute atomic E-state index is 11.9. The standard InChI is InChI=1S/C14H19IN2O/c1-17(13-4-2-3-5-13)10-14(18)16-12-8-6-11(15)7-9-12/h6-9,13H,2-5,10H2,1H3,(H,16,18). The van der Waals surface area contributed by atoms with Crippen molar-refractivity contribution in [3.63, 3.8) is 0 Å². The average molecular weight is 358 g/mol. The van der Waals surface area contributed by atoms with E-state index in [1.54, 1.807) is 0 Å². The highest BCUT2D eigenvalue weighted by Crippen LogP contribution is 2.22. The first kappa shape index (κ1) is 13.8. The predicted octanol–water partition coefficient (Wildman–Crippen LogP) is 3.10. The topological polar surface area (TPSA) is 32.3 Å². The van der Waals surface area contributed by atoms with Crippen LogP contribution in [-0.2, 0) is 4.79 Å². The second-order valence-corrected chi connectivity index (χ2v) is 6.15. The average Bonchev–Trinajstić information content (AvgIpc) is 2.85. The van der Waals surface area contributed by atoms with Gasteiger partial charge in [0, 0.05) is 15.3 Å². The summed E-state index contributed by atoms with van der Waals surface area (Å²) in [6, 6.07) is 8.46. The van der Waals surface area contributed by atoms with E-state index in [0.29, 0.717) is 12.6 Å². The third-order valence-corrected chi connectivity index (χ3v) is 4.19. The third-order valence-electron chi connectivity index (χ3n) is 3.47. The molecular weight excluding hydrogens is 339 g/mol. The molecule has 0 radical (unpaired) electrons. The molecule has 1 aliphatic carbocycles. The van der Waals surface area contributed by atoms with Crippen molar-refractivity contribution in [2.45, 2.75) is 31.7 Å². The lowest BCUT2D eigenvalue weighted by Gasteiger charge is -2.23. The highest BCUT2D eigenvalue weighted by Gasteiger charge is 2.20. The number of nitrogens with zero attached hydrogens (tertiary/aromatic N) is 1. The minimum absolute atomic E-state index is 0.0746. The Bertz CT molecular complexity index is 399. The summed E-state index contributed by atoms with van der Waals surface area (Å²) >= 11 is 2.25. The first-order valence-electron chi connectivity index (χ1n) is 6.41. The van der Waals surface area contributed by atoms with Crippen LogP contribution in [0.25, 0.3) is 0 Å². The van der Waals surface area contributed by atoms with E-state index >= 15 is 0 Å². The first-order valence-corrected chi connectivity index (χ1v) is 7.48. The lowest BCUT2D eigenvalue weighted by Crippen LogP contribution is -2.36. The Balaban J connectivity index is 1.82. The number of rotatable bonds is 4. The Kier molecular flexibility index (Phi) is 5.00. The largest absolute Gasteiger partial charge is 0.325 e. The number of benzene rings is 1. The summed E-state index contributed by atoms with van der Waals surface area (Å²) in [4.78, 5) is 14.1. The summed E-state index contributed by atoms with van der Waals surface area (Å²) in [6.07, 6.45) is 5.06. The van der Waals surface area contributed by atoms with Crippen molar-refractivity contribution in [2.75, 3.05) is 18.9 Å². The van der Waals surface area contributed by atoms with Crippen LogP contribution < -0.4 is 5.32 Å². The van der Waals surface area contributed by atoms with E-state index in [-0.39, 0.29) is 5.91 Å². The van der Waals surface area contributed by atoms with Gasteiger partial charge in [-0.05, 0) is 66.7 Å². The second kappa shape index (κ2) is 6.52. The van der Waals surface area contributed by atoms with Crippen molar-refractivity contribution >= 4 is 34.2 Å². The predicted molar refractivity (Wildman–Crippen MR) is 82.7 cm³/mol. The van der Waals surface area contributed by atoms with E-state index in [0.717, 1.165) is 5.69 Å². The molecule has 0 aliphatic heterocycles. The lowest BCUT2D eigenvalue weighted by atomic mass is 10.2. The number of halogens is 1. The Hall–Kier alpha value is -0.620. The second-order valence-electron chi connectivity index (χ2n) is 4.91. The summed E-state index contributed by atoms with van der Waals surface area (Å²) in [5, 5.41) is 2.94. The van der Waals surface area contributed by atoms with E-state index in [1.807, 2.05) is 31.3 Å². The molecule has 0 bridgehead atoms. The molecule has 2 rings (SSSR count). The molecule has 1 aliphatic rings. The summed E-state index contributed by atoms with van der Waals surface area (Å²) in [5.41, 5.74) is 0.875. The van der Waals surface area contributed by atoms with Crippen LogP contribution in [0.5, 0.6) is 0 Å². The van der Waals surface area contributed by atoms with Crippen molar-refractivity contribution in [1.29, 1.82) is 0 Å². The molecule has 1 amide bonds. The van der Waals surface area contributed by atoms with Gasteiger partial charge in [-0.1, -0.05) is 12.8 Å². The quantitative estimate of drug-likeness (QED) is 0.839. The molecule has 0 heterocycles. The highest BCUT2D eigenvalue weighted by atomic mass is 127. The number of hydrogen-bond acceptors (Lipinski definition) is 2. The number of anilines is 1. The molecule has 1 aromatic carbocycles. The van der Waals surface area contributed by atoms with Gasteiger partial charge in [0.2, 0.25) is 5.91 Å². The van der Waals surface area contributed by atoms with Gasteiger partial charge in [0.25, 0.3) is 0 Å². The number of hydrogen-bond donors (Lipinski definition) is 1. The van der Waals surface area contributed by atoms with Crippen LogP contribution in [0, 0.1) is 3.57 Å². The minimum Gasteiger partial charge on any atom is -0.325 e. The number of carbonyl (C=O) groups is 1. The Morgan fingerprint density at radius 2 is 1.94 bits per heavy atom. The van der Waals surface area contributed by atoms with E-state index in [1.165, 1.54) is 29.3 Å². The van der Waals surface area contributed by atoms with Crippen LogP contribution in [0.3, 0.4) is 0 Å². The number of nitrogens with one attached hydrogen (secondary N) is 1. The maximum atomic E-state index is 11.9. The van der Waals surface area contributed by atoms with Gasteiger partial charge in [0.05, 0.1) is 6.54 Å². The molecule has 0 atom stereocenters. The van der Waals surface area contributed by atoms with Gasteiger partial charge in [-0.15, -0.1) is 0 Å². The van der Waals surface area contributed by atoms with Crippen LogP contribution in [0.1, 0.15) is 25.7 Å². The molecule has 98 valence electrons. The van der Waals surface area contributed by atoms with E-state index in [4.69, 9.17) is 0 Å². The Labute approximate surface area is 122 Å². The van der Waals surface area contributed by atoms with Crippen molar-refractivity contribution in [3.8, 4) is 0 Å². The number of amides is 1. The fraction of sp³-hybridized carbons (Fsp3) is 0.500. The van der Waals surface area contributed by atoms with Gasteiger partial charge in [-0.25, -0.2) is 0 Å². The van der Waals surface area contributed by atoms with Crippen LogP contribution in [0.2, 0.25) is 0 Å². The zero-order valence-corrected chi connectivity index (χ0v) is 12.8. The summed E-state index contributed by atoms with van der Waals surface area (Å²) in [7, 11) is 2.05. The fourth-order valence-corrected chi connectivity index (χ4v) is 2.79. The molecule has 1 aromatic rings. The lowest BCUT2D eigenvalue weighted by molar-refractivity contribution is -0.117. The molecule has 0 aromatic heterocycles. The first-order chi connectivity index (χ1) is 8.65. The van der Waals surface area contributed by atoms with E-state index in [9.17, 15) is 4.79 Å². The molecule has 18 heavy (non-hydrogen) atoms. The van der Waals surface area contributed by atoms with E-state index in [2.05, 4.69) is 32.8 Å². The van der Waals surface area contributed by atoms with Crippen LogP contribution in [-0.4, -0.2) is 30.4 Å². The van der Waals surface area contributed by atoms with Gasteiger partial charge in [-0.3, -0.25) is 9.69 Å². The van der Waals surface area contributed by atoms with Gasteiger partial charge in [0.1, 0.15) is 0 Å². The minimum atomic E-state index is 0.0746. The molecule has 0 unspecified atom stereocenters. The van der Waals surface area contributed by atoms with Crippen molar-refractivity contribution in [1.82, 2.24) is 4.90 Å². The third kappa shape index (κ3) is 3.95. The fourth-order valence-electron chi connectivity index (χ4n) is 2.43. The van der Waals surface area contributed by atoms with Crippen molar-refractivity contribution < 1.29 is 4.79 Å². The van der Waals surface area contributed by atoms with Crippen LogP contribution in [0.15, 0.2) is 24.3 Å². The maximum Gasteiger partial charge on any atom is 0.238 e. The van der Waals surface area contributed by atoms with Gasteiger partial charge in [-0.2, -0.15) is 0 Å². The van der Waals surface area contributed by atoms with E-state index < -0.39 is 0 Å². The summed E-state index contributed by atoms with van der Waals surface area (Å²) < 4.78 is 1.17. The zero-order valence-electron chi connectivity index (χ0n) is 10.7. The van der Waals surface area contributed by atoms with Crippen molar-refractivity contribution in [2.24, 2.45) is 0 Å². The molecule has 1 N–H and O–H groups in total. The van der Waals surface area contributed by atoms with Crippen LogP contribution in [0.4, 0.5) is 5.69 Å². The summed E-state index contributed by atoms with van der Waals surface area (Å²) in [5.74, 6) is 0.0746. The molecule has 0 saturated heterocycles. The highest BCUT2D eigenvalue weighted by molar-refractivity contribution is 14.1. The normalized spacial score (nSPS) is 16.2. The summed E-state index contributed by atoms with van der Waals surface area (Å²) in [6.45, 7) is 0.483. The SMILES string of the molecule is CN(CC(=O)Nc1ccc(I)cc1)C1CCCC1. The number of carbonyl (C=O) groups excluding carboxylic acids is 1. The Morgan fingerprint density at radius 1 is 1.33 bits per heavy atom. The van der Waals surface area contributed by atoms with Gasteiger partial charge < -0.3 is 5.32 Å².